The van der Waals surface area contributed by atoms with Crippen molar-refractivity contribution in [2.75, 3.05) is 18.0 Å². The maximum Gasteiger partial charge on any atom is 0.264 e. The molecule has 11 heteroatoms. The van der Waals surface area contributed by atoms with Crippen LogP contribution in [-0.4, -0.2) is 50.9 Å². The van der Waals surface area contributed by atoms with Crippen LogP contribution in [0.25, 0.3) is 0 Å². The lowest BCUT2D eigenvalue weighted by Gasteiger charge is -2.32. The molecule has 0 bridgehead atoms. The largest absolute Gasteiger partial charge is 0.497 e. The standard InChI is InChI=1S/C29H33ClFN3O5S/c1-5-20(2)32-29(36)21(3)33(18-22-9-11-24(31)12-10-22)28(35)19-34(25-8-6-7-23(30)17-25)40(37,38)27-15-13-26(39-4)14-16-27/h6-17,20-21H,5,18-19H2,1-4H3,(H,32,36)/t20-,21+/m1/s1. The summed E-state index contributed by atoms with van der Waals surface area (Å²) in [7, 11) is -2.78. The highest BCUT2D eigenvalue weighted by Crippen LogP contribution is 2.28. The molecule has 3 rings (SSSR count). The number of hydrogen-bond donors (Lipinski definition) is 1. The van der Waals surface area contributed by atoms with Gasteiger partial charge in [0.1, 0.15) is 24.2 Å². The van der Waals surface area contributed by atoms with E-state index in [4.69, 9.17) is 16.3 Å². The van der Waals surface area contributed by atoms with Crippen molar-refractivity contribution in [1.29, 1.82) is 0 Å². The number of nitrogens with zero attached hydrogens (tertiary/aromatic N) is 2. The van der Waals surface area contributed by atoms with Crippen molar-refractivity contribution < 1.29 is 27.1 Å². The van der Waals surface area contributed by atoms with Crippen molar-refractivity contribution >= 4 is 39.1 Å². The second-order valence-electron chi connectivity index (χ2n) is 9.31. The topological polar surface area (TPSA) is 96.0 Å². The third-order valence-electron chi connectivity index (χ3n) is 6.46. The molecule has 214 valence electrons. The van der Waals surface area contributed by atoms with Gasteiger partial charge >= 0.3 is 0 Å². The van der Waals surface area contributed by atoms with Crippen molar-refractivity contribution in [3.63, 3.8) is 0 Å². The monoisotopic (exact) mass is 589 g/mol. The van der Waals surface area contributed by atoms with E-state index >= 15 is 0 Å². The van der Waals surface area contributed by atoms with Crippen LogP contribution >= 0.6 is 11.6 Å². The lowest BCUT2D eigenvalue weighted by Crippen LogP contribution is -2.52. The van der Waals surface area contributed by atoms with E-state index in [2.05, 4.69) is 5.32 Å². The van der Waals surface area contributed by atoms with E-state index in [1.807, 2.05) is 13.8 Å². The minimum atomic E-state index is -4.25. The fourth-order valence-electron chi connectivity index (χ4n) is 3.87. The number of halogens is 2. The van der Waals surface area contributed by atoms with Gasteiger partial charge in [0.05, 0.1) is 17.7 Å². The number of nitrogens with one attached hydrogen (secondary N) is 1. The molecule has 2 amide bonds. The van der Waals surface area contributed by atoms with Crippen LogP contribution in [0.15, 0.2) is 77.7 Å². The Bertz CT molecular complexity index is 1420. The van der Waals surface area contributed by atoms with Gasteiger partial charge in [0.2, 0.25) is 11.8 Å². The number of ether oxygens (including phenoxy) is 1. The Labute approximate surface area is 239 Å². The first-order valence-corrected chi connectivity index (χ1v) is 14.5. The van der Waals surface area contributed by atoms with Gasteiger partial charge < -0.3 is 15.0 Å². The number of hydrogen-bond acceptors (Lipinski definition) is 5. The predicted octanol–water partition coefficient (Wildman–Crippen LogP) is 5.02. The summed E-state index contributed by atoms with van der Waals surface area (Å²) in [6, 6.07) is 16.4. The molecule has 0 saturated heterocycles. The van der Waals surface area contributed by atoms with E-state index in [1.54, 1.807) is 19.1 Å². The quantitative estimate of drug-likeness (QED) is 0.320. The molecule has 3 aromatic rings. The van der Waals surface area contributed by atoms with E-state index < -0.39 is 40.2 Å². The molecular weight excluding hydrogens is 557 g/mol. The normalized spacial score (nSPS) is 12.8. The van der Waals surface area contributed by atoms with Crippen LogP contribution in [0, 0.1) is 5.82 Å². The molecule has 0 radical (unpaired) electrons. The van der Waals surface area contributed by atoms with Crippen molar-refractivity contribution in [3.8, 4) is 5.75 Å². The Morgan fingerprint density at radius 2 is 1.68 bits per heavy atom. The van der Waals surface area contributed by atoms with E-state index in [9.17, 15) is 22.4 Å². The first kappa shape index (κ1) is 30.9. The first-order chi connectivity index (χ1) is 19.0. The van der Waals surface area contributed by atoms with E-state index in [0.717, 1.165) is 4.31 Å². The number of carbonyl (C=O) groups excluding carboxylic acids is 2. The van der Waals surface area contributed by atoms with Crippen molar-refractivity contribution in [1.82, 2.24) is 10.2 Å². The average molecular weight is 590 g/mol. The number of carbonyl (C=O) groups is 2. The molecule has 0 saturated carbocycles. The second-order valence-corrected chi connectivity index (χ2v) is 11.6. The molecule has 2 atom stereocenters. The fraction of sp³-hybridized carbons (Fsp3) is 0.310. The van der Waals surface area contributed by atoms with Crippen LogP contribution in [0.5, 0.6) is 5.75 Å². The molecular formula is C29H33ClFN3O5S. The van der Waals surface area contributed by atoms with Crippen LogP contribution < -0.4 is 14.4 Å². The van der Waals surface area contributed by atoms with Crippen LogP contribution in [0.3, 0.4) is 0 Å². The molecule has 8 nitrogen and oxygen atoms in total. The highest BCUT2D eigenvalue weighted by atomic mass is 35.5. The average Bonchev–Trinajstić information content (AvgIpc) is 2.94. The van der Waals surface area contributed by atoms with Crippen LogP contribution in [0.1, 0.15) is 32.8 Å². The maximum absolute atomic E-state index is 13.9. The van der Waals surface area contributed by atoms with Gasteiger partial charge in [0.25, 0.3) is 10.0 Å². The van der Waals surface area contributed by atoms with Gasteiger partial charge in [-0.15, -0.1) is 0 Å². The molecule has 0 aliphatic carbocycles. The molecule has 0 heterocycles. The van der Waals surface area contributed by atoms with E-state index in [1.165, 1.54) is 72.7 Å². The molecule has 0 fully saturated rings. The Morgan fingerprint density at radius 3 is 2.25 bits per heavy atom. The smallest absolute Gasteiger partial charge is 0.264 e. The van der Waals surface area contributed by atoms with Crippen LogP contribution in [0.2, 0.25) is 5.02 Å². The summed E-state index contributed by atoms with van der Waals surface area (Å²) in [5, 5.41) is 3.15. The molecule has 0 unspecified atom stereocenters. The van der Waals surface area contributed by atoms with Gasteiger partial charge in [-0.2, -0.15) is 0 Å². The summed E-state index contributed by atoms with van der Waals surface area (Å²) in [5.74, 6) is -0.997. The van der Waals surface area contributed by atoms with Gasteiger partial charge in [0, 0.05) is 17.6 Å². The van der Waals surface area contributed by atoms with Gasteiger partial charge in [-0.05, 0) is 80.4 Å². The van der Waals surface area contributed by atoms with Crippen LogP contribution in [-0.2, 0) is 26.2 Å². The highest BCUT2D eigenvalue weighted by Gasteiger charge is 2.33. The van der Waals surface area contributed by atoms with Crippen molar-refractivity contribution in [2.24, 2.45) is 0 Å². The zero-order valence-electron chi connectivity index (χ0n) is 22.8. The Hall–Kier alpha value is -3.63. The summed E-state index contributed by atoms with van der Waals surface area (Å²) in [6.45, 7) is 4.68. The highest BCUT2D eigenvalue weighted by molar-refractivity contribution is 7.92. The number of anilines is 1. The molecule has 3 aromatic carbocycles. The molecule has 0 aliphatic heterocycles. The van der Waals surface area contributed by atoms with Gasteiger partial charge in [-0.1, -0.05) is 36.7 Å². The third-order valence-corrected chi connectivity index (χ3v) is 8.48. The Morgan fingerprint density at radius 1 is 1.02 bits per heavy atom. The Kier molecular flexibility index (Phi) is 10.5. The predicted molar refractivity (Wildman–Crippen MR) is 153 cm³/mol. The molecule has 40 heavy (non-hydrogen) atoms. The van der Waals surface area contributed by atoms with Gasteiger partial charge in [-0.25, -0.2) is 12.8 Å². The lowest BCUT2D eigenvalue weighted by atomic mass is 10.1. The summed E-state index contributed by atoms with van der Waals surface area (Å²) >= 11 is 6.18. The van der Waals surface area contributed by atoms with Gasteiger partial charge in [-0.3, -0.25) is 13.9 Å². The summed E-state index contributed by atoms with van der Waals surface area (Å²) in [5.41, 5.74) is 0.750. The zero-order valence-corrected chi connectivity index (χ0v) is 24.4. The summed E-state index contributed by atoms with van der Waals surface area (Å²) in [6.07, 6.45) is 0.688. The third kappa shape index (κ3) is 7.73. The van der Waals surface area contributed by atoms with E-state index in [-0.39, 0.29) is 28.2 Å². The molecule has 0 aliphatic rings. The lowest BCUT2D eigenvalue weighted by molar-refractivity contribution is -0.139. The number of benzene rings is 3. The first-order valence-electron chi connectivity index (χ1n) is 12.7. The summed E-state index contributed by atoms with van der Waals surface area (Å²) < 4.78 is 47.3. The van der Waals surface area contributed by atoms with Crippen molar-refractivity contribution in [2.45, 2.75) is 50.7 Å². The SMILES string of the molecule is CC[C@@H](C)NC(=O)[C@H](C)N(Cc1ccc(F)cc1)C(=O)CN(c1cccc(Cl)c1)S(=O)(=O)c1ccc(OC)cc1. The maximum atomic E-state index is 13.9. The van der Waals surface area contributed by atoms with E-state index in [0.29, 0.717) is 17.7 Å². The second kappa shape index (κ2) is 13.6. The summed E-state index contributed by atoms with van der Waals surface area (Å²) in [4.78, 5) is 28.2. The fourth-order valence-corrected chi connectivity index (χ4v) is 5.46. The minimum absolute atomic E-state index is 0.0415. The molecule has 0 aromatic heterocycles. The number of methoxy groups -OCH3 is 1. The minimum Gasteiger partial charge on any atom is -0.497 e. The number of rotatable bonds is 12. The number of sulfonamides is 1. The Balaban J connectivity index is 2.02. The molecule has 0 spiro atoms. The van der Waals surface area contributed by atoms with Crippen molar-refractivity contribution in [3.05, 3.63) is 89.2 Å². The zero-order chi connectivity index (χ0) is 29.4. The number of amides is 2. The van der Waals surface area contributed by atoms with Crippen LogP contribution in [0.4, 0.5) is 10.1 Å². The van der Waals surface area contributed by atoms with Gasteiger partial charge in [0.15, 0.2) is 0 Å². The molecule has 1 N–H and O–H groups in total.